The summed E-state index contributed by atoms with van der Waals surface area (Å²) in [5.41, 5.74) is 0.448. The van der Waals surface area contributed by atoms with Gasteiger partial charge in [0, 0.05) is 11.4 Å². The van der Waals surface area contributed by atoms with E-state index < -0.39 is 18.0 Å². The first-order chi connectivity index (χ1) is 9.60. The summed E-state index contributed by atoms with van der Waals surface area (Å²) in [7, 11) is 0. The van der Waals surface area contributed by atoms with Crippen LogP contribution in [-0.4, -0.2) is 24.6 Å². The van der Waals surface area contributed by atoms with E-state index in [9.17, 15) is 9.59 Å². The van der Waals surface area contributed by atoms with Gasteiger partial charge in [-0.1, -0.05) is 23.7 Å². The Labute approximate surface area is 120 Å². The summed E-state index contributed by atoms with van der Waals surface area (Å²) in [5.74, 6) is -1.42. The van der Waals surface area contributed by atoms with Gasteiger partial charge in [0.15, 0.2) is 0 Å². The monoisotopic (exact) mass is 291 g/mol. The van der Waals surface area contributed by atoms with E-state index in [1.54, 1.807) is 30.3 Å². The van der Waals surface area contributed by atoms with E-state index in [0.717, 1.165) is 0 Å². The number of esters is 2. The van der Waals surface area contributed by atoms with Crippen LogP contribution in [0.25, 0.3) is 6.08 Å². The van der Waals surface area contributed by atoms with E-state index in [-0.39, 0.29) is 12.2 Å². The Hall–Kier alpha value is -2.32. The van der Waals surface area contributed by atoms with Gasteiger partial charge in [0.05, 0.1) is 6.61 Å². The first-order valence-electron chi connectivity index (χ1n) is 5.85. The molecule has 0 aliphatic carbocycles. The largest absolute Gasteiger partial charge is 0.463 e. The molecule has 6 heteroatoms. The van der Waals surface area contributed by atoms with E-state index >= 15 is 0 Å². The van der Waals surface area contributed by atoms with Gasteiger partial charge >= 0.3 is 11.9 Å². The molecule has 5 nitrogen and oxygen atoms in total. The van der Waals surface area contributed by atoms with Crippen LogP contribution in [0.3, 0.4) is 0 Å². The molecule has 2 rings (SSSR count). The van der Waals surface area contributed by atoms with Gasteiger partial charge in [-0.25, -0.2) is 9.59 Å². The van der Waals surface area contributed by atoms with Crippen molar-refractivity contribution in [2.75, 3.05) is 6.61 Å². The van der Waals surface area contributed by atoms with E-state index in [1.807, 2.05) is 0 Å². The molecule has 1 aliphatic heterocycles. The number of hydrogen-bond donors (Lipinski definition) is 0. The summed E-state index contributed by atoms with van der Waals surface area (Å²) in [5, 5.41) is 9.54. The smallest absolute Gasteiger partial charge is 0.349 e. The van der Waals surface area contributed by atoms with Crippen LogP contribution in [0.5, 0.6) is 0 Å². The molecule has 0 amide bonds. The third-order valence-electron chi connectivity index (χ3n) is 2.66. The standard InChI is InChI=1S/C14H10ClNO4/c15-11-3-1-9(2-4-11)7-10(8-16)13(17)20-12-5-6-19-14(12)18/h1-4,7,12H,5-6H2/b10-7+. The molecule has 1 aliphatic rings. The maximum Gasteiger partial charge on any atom is 0.349 e. The van der Waals surface area contributed by atoms with Gasteiger partial charge in [-0.15, -0.1) is 0 Å². The van der Waals surface area contributed by atoms with E-state index in [0.29, 0.717) is 17.0 Å². The highest BCUT2D eigenvalue weighted by Crippen LogP contribution is 2.15. The van der Waals surface area contributed by atoms with Crippen molar-refractivity contribution in [3.63, 3.8) is 0 Å². The Morgan fingerprint density at radius 2 is 2.15 bits per heavy atom. The summed E-state index contributed by atoms with van der Waals surface area (Å²) >= 11 is 5.75. The number of halogens is 1. The lowest BCUT2D eigenvalue weighted by atomic mass is 10.1. The number of rotatable bonds is 3. The van der Waals surface area contributed by atoms with E-state index in [4.69, 9.17) is 21.6 Å². The van der Waals surface area contributed by atoms with Crippen molar-refractivity contribution in [1.29, 1.82) is 5.26 Å². The maximum atomic E-state index is 11.8. The highest BCUT2D eigenvalue weighted by atomic mass is 35.5. The number of nitriles is 1. The molecule has 1 heterocycles. The highest BCUT2D eigenvalue weighted by molar-refractivity contribution is 6.30. The van der Waals surface area contributed by atoms with Crippen LogP contribution in [0.15, 0.2) is 29.8 Å². The third kappa shape index (κ3) is 3.37. The second-order valence-corrected chi connectivity index (χ2v) is 4.51. The predicted molar refractivity (Wildman–Crippen MR) is 70.5 cm³/mol. The zero-order chi connectivity index (χ0) is 14.5. The molecule has 0 saturated carbocycles. The molecule has 1 saturated heterocycles. The minimum Gasteiger partial charge on any atom is -0.463 e. The maximum absolute atomic E-state index is 11.8. The average Bonchev–Trinajstić information content (AvgIpc) is 2.83. The first kappa shape index (κ1) is 14.1. The second-order valence-electron chi connectivity index (χ2n) is 4.07. The summed E-state index contributed by atoms with van der Waals surface area (Å²) in [6, 6.07) is 8.36. The van der Waals surface area contributed by atoms with Gasteiger partial charge in [-0.05, 0) is 23.8 Å². The average molecular weight is 292 g/mol. The molecule has 1 atom stereocenters. The lowest BCUT2D eigenvalue weighted by molar-refractivity contribution is -0.157. The number of carbonyl (C=O) groups excluding carboxylic acids is 2. The van der Waals surface area contributed by atoms with Crippen LogP contribution in [-0.2, 0) is 19.1 Å². The predicted octanol–water partition coefficient (Wildman–Crippen LogP) is 2.11. The minimum absolute atomic E-state index is 0.188. The van der Waals surface area contributed by atoms with Gasteiger partial charge in [-0.2, -0.15) is 5.26 Å². The fourth-order valence-electron chi connectivity index (χ4n) is 1.64. The molecule has 1 aromatic carbocycles. The zero-order valence-electron chi connectivity index (χ0n) is 10.3. The summed E-state index contributed by atoms with van der Waals surface area (Å²) in [6.45, 7) is 0.222. The number of nitrogens with zero attached hydrogens (tertiary/aromatic N) is 1. The van der Waals surface area contributed by atoms with Gasteiger partial charge in [0.2, 0.25) is 6.10 Å². The van der Waals surface area contributed by atoms with Crippen molar-refractivity contribution in [3.8, 4) is 6.07 Å². The fraction of sp³-hybridized carbons (Fsp3) is 0.214. The van der Waals surface area contributed by atoms with Crippen molar-refractivity contribution in [2.45, 2.75) is 12.5 Å². The molecule has 0 N–H and O–H groups in total. The first-order valence-corrected chi connectivity index (χ1v) is 6.23. The van der Waals surface area contributed by atoms with Crippen LogP contribution in [0.2, 0.25) is 5.02 Å². The number of cyclic esters (lactones) is 1. The molecule has 0 aromatic heterocycles. The topological polar surface area (TPSA) is 76.4 Å². The number of ether oxygens (including phenoxy) is 2. The molecule has 0 bridgehead atoms. The Morgan fingerprint density at radius 3 is 2.70 bits per heavy atom. The SMILES string of the molecule is N#C/C(=C\c1ccc(Cl)cc1)C(=O)OC1CCOC1=O. The number of benzene rings is 1. The molecule has 1 unspecified atom stereocenters. The van der Waals surface area contributed by atoms with E-state index in [2.05, 4.69) is 4.74 Å². The van der Waals surface area contributed by atoms with Crippen molar-refractivity contribution < 1.29 is 19.1 Å². The van der Waals surface area contributed by atoms with Crippen molar-refractivity contribution in [3.05, 3.63) is 40.4 Å². The lowest BCUT2D eigenvalue weighted by Crippen LogP contribution is -2.23. The van der Waals surface area contributed by atoms with E-state index in [1.165, 1.54) is 6.08 Å². The molecule has 0 spiro atoms. The van der Waals surface area contributed by atoms with Gasteiger partial charge in [0.1, 0.15) is 11.6 Å². The van der Waals surface area contributed by atoms with Gasteiger partial charge in [0.25, 0.3) is 0 Å². The molecular weight excluding hydrogens is 282 g/mol. The van der Waals surface area contributed by atoms with Gasteiger partial charge < -0.3 is 9.47 Å². The Morgan fingerprint density at radius 1 is 1.45 bits per heavy atom. The normalized spacial score (nSPS) is 18.3. The molecule has 1 fully saturated rings. The summed E-state index contributed by atoms with van der Waals surface area (Å²) in [4.78, 5) is 23.0. The molecule has 0 radical (unpaired) electrons. The second kappa shape index (κ2) is 6.22. The highest BCUT2D eigenvalue weighted by Gasteiger charge is 2.31. The van der Waals surface area contributed by atoms with Crippen molar-refractivity contribution >= 4 is 29.6 Å². The Balaban J connectivity index is 2.11. The van der Waals surface area contributed by atoms with Crippen LogP contribution in [0, 0.1) is 11.3 Å². The summed E-state index contributed by atoms with van der Waals surface area (Å²) < 4.78 is 9.62. The van der Waals surface area contributed by atoms with Crippen LogP contribution in [0.1, 0.15) is 12.0 Å². The van der Waals surface area contributed by atoms with Crippen LogP contribution in [0.4, 0.5) is 0 Å². The number of carbonyl (C=O) groups is 2. The van der Waals surface area contributed by atoms with Gasteiger partial charge in [-0.3, -0.25) is 0 Å². The quantitative estimate of drug-likeness (QED) is 0.484. The van der Waals surface area contributed by atoms with Crippen LogP contribution < -0.4 is 0 Å². The van der Waals surface area contributed by atoms with Crippen molar-refractivity contribution in [1.82, 2.24) is 0 Å². The lowest BCUT2D eigenvalue weighted by Gasteiger charge is -2.07. The Kier molecular flexibility index (Phi) is 4.38. The van der Waals surface area contributed by atoms with Crippen molar-refractivity contribution in [2.24, 2.45) is 0 Å². The molecule has 102 valence electrons. The molecular formula is C14H10ClNO4. The van der Waals surface area contributed by atoms with Crippen LogP contribution >= 0.6 is 11.6 Å². The number of hydrogen-bond acceptors (Lipinski definition) is 5. The molecule has 20 heavy (non-hydrogen) atoms. The Bertz CT molecular complexity index is 601. The molecule has 1 aromatic rings. The third-order valence-corrected chi connectivity index (χ3v) is 2.91. The summed E-state index contributed by atoms with van der Waals surface area (Å²) in [6.07, 6.45) is 0.757. The minimum atomic E-state index is -0.926. The fourth-order valence-corrected chi connectivity index (χ4v) is 1.77. The zero-order valence-corrected chi connectivity index (χ0v) is 11.1.